The van der Waals surface area contributed by atoms with Crippen molar-refractivity contribution < 1.29 is 14.4 Å². The molecule has 6 nitrogen and oxygen atoms in total. The fourth-order valence-electron chi connectivity index (χ4n) is 2.75. The topological polar surface area (TPSA) is 87.3 Å². The van der Waals surface area contributed by atoms with Crippen molar-refractivity contribution >= 4 is 29.1 Å². The lowest BCUT2D eigenvalue weighted by Crippen LogP contribution is -2.29. The molecular formula is C19H25N3O3. The van der Waals surface area contributed by atoms with Gasteiger partial charge in [-0.3, -0.25) is 14.4 Å². The van der Waals surface area contributed by atoms with Crippen LogP contribution in [0.5, 0.6) is 0 Å². The third-order valence-corrected chi connectivity index (χ3v) is 3.96. The van der Waals surface area contributed by atoms with Gasteiger partial charge in [0.1, 0.15) is 6.42 Å². The fourth-order valence-corrected chi connectivity index (χ4v) is 2.75. The quantitative estimate of drug-likeness (QED) is 0.525. The summed E-state index contributed by atoms with van der Waals surface area (Å²) in [6.07, 6.45) is 7.64. The van der Waals surface area contributed by atoms with Gasteiger partial charge in [0.05, 0.1) is 0 Å². The Morgan fingerprint density at radius 2 is 1.64 bits per heavy atom. The van der Waals surface area contributed by atoms with Crippen LogP contribution >= 0.6 is 0 Å². The molecule has 0 spiro atoms. The maximum Gasteiger partial charge on any atom is 0.233 e. The van der Waals surface area contributed by atoms with E-state index >= 15 is 0 Å². The van der Waals surface area contributed by atoms with Crippen LogP contribution in [0.15, 0.2) is 35.9 Å². The summed E-state index contributed by atoms with van der Waals surface area (Å²) in [5.41, 5.74) is 2.63. The van der Waals surface area contributed by atoms with E-state index in [1.54, 1.807) is 24.3 Å². The van der Waals surface area contributed by atoms with Gasteiger partial charge >= 0.3 is 0 Å². The lowest BCUT2D eigenvalue weighted by atomic mass is 9.97. The molecule has 0 saturated carbocycles. The van der Waals surface area contributed by atoms with Crippen LogP contribution in [0.25, 0.3) is 0 Å². The van der Waals surface area contributed by atoms with Gasteiger partial charge in [0.2, 0.25) is 17.7 Å². The molecule has 0 atom stereocenters. The predicted molar refractivity (Wildman–Crippen MR) is 98.2 cm³/mol. The molecule has 3 amide bonds. The Hall–Kier alpha value is -2.63. The number of allylic oxidation sites excluding steroid dienone is 1. The van der Waals surface area contributed by atoms with Crippen molar-refractivity contribution in [2.75, 3.05) is 17.2 Å². The van der Waals surface area contributed by atoms with Gasteiger partial charge < -0.3 is 16.0 Å². The van der Waals surface area contributed by atoms with Crippen molar-refractivity contribution in [1.82, 2.24) is 5.32 Å². The highest BCUT2D eigenvalue weighted by atomic mass is 16.2. The van der Waals surface area contributed by atoms with Crippen LogP contribution in [0.2, 0.25) is 0 Å². The van der Waals surface area contributed by atoms with E-state index in [-0.39, 0.29) is 24.1 Å². The first-order chi connectivity index (χ1) is 12.0. The van der Waals surface area contributed by atoms with Gasteiger partial charge in [-0.15, -0.1) is 0 Å². The smallest absolute Gasteiger partial charge is 0.233 e. The zero-order valence-corrected chi connectivity index (χ0v) is 14.6. The Balaban J connectivity index is 1.69. The highest BCUT2D eigenvalue weighted by molar-refractivity contribution is 6.03. The second kappa shape index (κ2) is 9.61. The molecule has 2 rings (SSSR count). The molecule has 0 unspecified atom stereocenters. The summed E-state index contributed by atoms with van der Waals surface area (Å²) in [7, 11) is 0. The molecule has 1 aromatic rings. The van der Waals surface area contributed by atoms with E-state index in [0.717, 1.165) is 19.3 Å². The minimum Gasteiger partial charge on any atom is -0.355 e. The number of benzene rings is 1. The summed E-state index contributed by atoms with van der Waals surface area (Å²) in [6.45, 7) is 2.00. The van der Waals surface area contributed by atoms with E-state index in [1.807, 2.05) is 0 Å². The molecule has 134 valence electrons. The first kappa shape index (κ1) is 18.7. The molecule has 1 aromatic carbocycles. The third-order valence-electron chi connectivity index (χ3n) is 3.96. The SMILES string of the molecule is CC(=O)Nc1ccc(NC(=O)CC(=O)NCCC2=CCCCC2)cc1. The van der Waals surface area contributed by atoms with E-state index in [1.165, 1.54) is 25.3 Å². The van der Waals surface area contributed by atoms with Crippen molar-refractivity contribution in [3.8, 4) is 0 Å². The predicted octanol–water partition coefficient (Wildman–Crippen LogP) is 2.98. The van der Waals surface area contributed by atoms with E-state index in [4.69, 9.17) is 0 Å². The summed E-state index contributed by atoms with van der Waals surface area (Å²) in [5, 5.41) is 8.11. The summed E-state index contributed by atoms with van der Waals surface area (Å²) in [4.78, 5) is 34.7. The Morgan fingerprint density at radius 1 is 0.960 bits per heavy atom. The van der Waals surface area contributed by atoms with Gasteiger partial charge in [0.25, 0.3) is 0 Å². The monoisotopic (exact) mass is 343 g/mol. The number of hydrogen-bond acceptors (Lipinski definition) is 3. The first-order valence-corrected chi connectivity index (χ1v) is 8.65. The molecule has 0 aliphatic heterocycles. The Morgan fingerprint density at radius 3 is 2.24 bits per heavy atom. The maximum atomic E-state index is 11.9. The molecule has 0 saturated heterocycles. The second-order valence-electron chi connectivity index (χ2n) is 6.19. The summed E-state index contributed by atoms with van der Waals surface area (Å²) >= 11 is 0. The van der Waals surface area contributed by atoms with Crippen molar-refractivity contribution in [1.29, 1.82) is 0 Å². The molecule has 0 bridgehead atoms. The molecule has 0 heterocycles. The standard InChI is InChI=1S/C19H25N3O3/c1-14(23)21-16-7-9-17(10-8-16)22-19(25)13-18(24)20-12-11-15-5-3-2-4-6-15/h5,7-10H,2-4,6,11-13H2,1H3,(H,20,24)(H,21,23)(H,22,25). The normalized spacial score (nSPS) is 13.6. The van der Waals surface area contributed by atoms with Crippen LogP contribution in [-0.2, 0) is 14.4 Å². The Labute approximate surface area is 148 Å². The van der Waals surface area contributed by atoms with Crippen molar-refractivity contribution in [3.63, 3.8) is 0 Å². The van der Waals surface area contributed by atoms with Gasteiger partial charge in [0, 0.05) is 24.8 Å². The van der Waals surface area contributed by atoms with E-state index < -0.39 is 0 Å². The summed E-state index contributed by atoms with van der Waals surface area (Å²) in [5.74, 6) is -0.789. The average Bonchev–Trinajstić information content (AvgIpc) is 2.57. The number of anilines is 2. The minimum absolute atomic E-state index is 0.155. The number of carbonyl (C=O) groups is 3. The molecule has 0 radical (unpaired) electrons. The van der Waals surface area contributed by atoms with Crippen LogP contribution in [0, 0.1) is 0 Å². The second-order valence-corrected chi connectivity index (χ2v) is 6.19. The molecule has 3 N–H and O–H groups in total. The maximum absolute atomic E-state index is 11.9. The van der Waals surface area contributed by atoms with Crippen molar-refractivity contribution in [2.24, 2.45) is 0 Å². The summed E-state index contributed by atoms with van der Waals surface area (Å²) in [6, 6.07) is 6.73. The van der Waals surface area contributed by atoms with Crippen LogP contribution < -0.4 is 16.0 Å². The van der Waals surface area contributed by atoms with Crippen LogP contribution in [0.1, 0.15) is 45.4 Å². The van der Waals surface area contributed by atoms with Crippen LogP contribution in [0.4, 0.5) is 11.4 Å². The molecule has 1 aliphatic carbocycles. The third kappa shape index (κ3) is 7.20. The van der Waals surface area contributed by atoms with Crippen LogP contribution in [-0.4, -0.2) is 24.3 Å². The zero-order valence-electron chi connectivity index (χ0n) is 14.6. The van der Waals surface area contributed by atoms with Crippen LogP contribution in [0.3, 0.4) is 0 Å². The fraction of sp³-hybridized carbons (Fsp3) is 0.421. The van der Waals surface area contributed by atoms with Gasteiger partial charge in [-0.2, -0.15) is 0 Å². The molecule has 0 aromatic heterocycles. The van der Waals surface area contributed by atoms with Gasteiger partial charge in [-0.1, -0.05) is 11.6 Å². The van der Waals surface area contributed by atoms with Gasteiger partial charge in [-0.05, 0) is 56.4 Å². The number of amides is 3. The van der Waals surface area contributed by atoms with E-state index in [9.17, 15) is 14.4 Å². The zero-order chi connectivity index (χ0) is 18.1. The lowest BCUT2D eigenvalue weighted by Gasteiger charge is -2.13. The minimum atomic E-state index is -0.360. The largest absolute Gasteiger partial charge is 0.355 e. The van der Waals surface area contributed by atoms with Gasteiger partial charge in [0.15, 0.2) is 0 Å². The van der Waals surface area contributed by atoms with E-state index in [0.29, 0.717) is 17.9 Å². The molecule has 0 fully saturated rings. The number of rotatable bonds is 7. The number of nitrogens with one attached hydrogen (secondary N) is 3. The highest BCUT2D eigenvalue weighted by Crippen LogP contribution is 2.19. The average molecular weight is 343 g/mol. The lowest BCUT2D eigenvalue weighted by molar-refractivity contribution is -0.126. The van der Waals surface area contributed by atoms with Gasteiger partial charge in [-0.25, -0.2) is 0 Å². The molecule has 6 heteroatoms. The highest BCUT2D eigenvalue weighted by Gasteiger charge is 2.10. The van der Waals surface area contributed by atoms with Crippen molar-refractivity contribution in [2.45, 2.75) is 45.4 Å². The Kier molecular flexibility index (Phi) is 7.19. The first-order valence-electron chi connectivity index (χ1n) is 8.65. The Bertz CT molecular complexity index is 650. The molecule has 25 heavy (non-hydrogen) atoms. The number of hydrogen-bond donors (Lipinski definition) is 3. The van der Waals surface area contributed by atoms with Crippen molar-refractivity contribution in [3.05, 3.63) is 35.9 Å². The molecule has 1 aliphatic rings. The number of carbonyl (C=O) groups excluding carboxylic acids is 3. The summed E-state index contributed by atoms with van der Waals surface area (Å²) < 4.78 is 0. The molecular weight excluding hydrogens is 318 g/mol. The van der Waals surface area contributed by atoms with E-state index in [2.05, 4.69) is 22.0 Å².